The van der Waals surface area contributed by atoms with Gasteiger partial charge in [0.2, 0.25) is 0 Å². The van der Waals surface area contributed by atoms with Crippen molar-refractivity contribution < 1.29 is 5.11 Å². The SMILES string of the molecule is CC1=CC(c2ccc3nnc([C@H](C)c4ccccc4)n3c2)=CN(C)C1O. The highest BCUT2D eigenvalue weighted by Crippen LogP contribution is 2.27. The van der Waals surface area contributed by atoms with Gasteiger partial charge in [0, 0.05) is 25.4 Å². The molecule has 5 heteroatoms. The lowest BCUT2D eigenvalue weighted by atomic mass is 10.00. The van der Waals surface area contributed by atoms with Crippen LogP contribution in [0.4, 0.5) is 0 Å². The fourth-order valence-electron chi connectivity index (χ4n) is 3.39. The largest absolute Gasteiger partial charge is 0.370 e. The molecule has 1 unspecified atom stereocenters. The first-order valence-corrected chi connectivity index (χ1v) is 8.74. The number of aromatic nitrogens is 3. The van der Waals surface area contributed by atoms with Crippen LogP contribution in [0.5, 0.6) is 0 Å². The highest BCUT2D eigenvalue weighted by atomic mass is 16.3. The molecule has 2 atom stereocenters. The van der Waals surface area contributed by atoms with Crippen LogP contribution in [0.15, 0.2) is 66.5 Å². The number of aliphatic hydroxyl groups is 1. The number of rotatable bonds is 3. The van der Waals surface area contributed by atoms with Crippen LogP contribution in [0, 0.1) is 0 Å². The topological polar surface area (TPSA) is 53.7 Å². The summed E-state index contributed by atoms with van der Waals surface area (Å²) in [4.78, 5) is 1.81. The fraction of sp³-hybridized carbons (Fsp3) is 0.238. The van der Waals surface area contributed by atoms with E-state index in [-0.39, 0.29) is 5.92 Å². The molecule has 0 spiro atoms. The molecule has 0 radical (unpaired) electrons. The van der Waals surface area contributed by atoms with E-state index in [1.165, 1.54) is 5.56 Å². The quantitative estimate of drug-likeness (QED) is 0.789. The van der Waals surface area contributed by atoms with E-state index in [9.17, 15) is 5.11 Å². The molecule has 1 aromatic carbocycles. The number of nitrogens with zero attached hydrogens (tertiary/aromatic N) is 4. The van der Waals surface area contributed by atoms with Crippen LogP contribution in [0.1, 0.15) is 36.7 Å². The number of hydrogen-bond acceptors (Lipinski definition) is 4. The van der Waals surface area contributed by atoms with Crippen molar-refractivity contribution in [2.24, 2.45) is 0 Å². The zero-order valence-electron chi connectivity index (χ0n) is 15.2. The van der Waals surface area contributed by atoms with E-state index in [0.717, 1.165) is 28.2 Å². The van der Waals surface area contributed by atoms with Crippen LogP contribution in [0.3, 0.4) is 0 Å². The van der Waals surface area contributed by atoms with Crippen molar-refractivity contribution in [3.05, 3.63) is 83.5 Å². The fourth-order valence-corrected chi connectivity index (χ4v) is 3.39. The third kappa shape index (κ3) is 2.80. The number of fused-ring (bicyclic) bond motifs is 1. The average Bonchev–Trinajstić information content (AvgIpc) is 3.09. The summed E-state index contributed by atoms with van der Waals surface area (Å²) < 4.78 is 2.06. The molecule has 0 fully saturated rings. The molecule has 1 aliphatic heterocycles. The maximum atomic E-state index is 10.1. The van der Waals surface area contributed by atoms with E-state index < -0.39 is 6.23 Å². The Morgan fingerprint density at radius 3 is 2.58 bits per heavy atom. The Morgan fingerprint density at radius 2 is 1.85 bits per heavy atom. The number of allylic oxidation sites excluding steroid dienone is 2. The van der Waals surface area contributed by atoms with Crippen molar-refractivity contribution in [2.45, 2.75) is 26.0 Å². The summed E-state index contributed by atoms with van der Waals surface area (Å²) in [6.07, 6.45) is 5.50. The summed E-state index contributed by atoms with van der Waals surface area (Å²) in [5, 5.41) is 18.8. The highest BCUT2D eigenvalue weighted by Gasteiger charge is 2.19. The minimum atomic E-state index is -0.564. The number of pyridine rings is 1. The second-order valence-corrected chi connectivity index (χ2v) is 6.85. The smallest absolute Gasteiger partial charge is 0.160 e. The van der Waals surface area contributed by atoms with E-state index in [1.54, 1.807) is 0 Å². The molecule has 0 bridgehead atoms. The molecule has 3 aromatic rings. The van der Waals surface area contributed by atoms with Gasteiger partial charge in [-0.15, -0.1) is 10.2 Å². The Labute approximate surface area is 152 Å². The van der Waals surface area contributed by atoms with Crippen LogP contribution in [0.2, 0.25) is 0 Å². The Hall–Kier alpha value is -2.92. The second-order valence-electron chi connectivity index (χ2n) is 6.85. The van der Waals surface area contributed by atoms with Gasteiger partial charge in [0.1, 0.15) is 12.1 Å². The van der Waals surface area contributed by atoms with E-state index in [4.69, 9.17) is 0 Å². The van der Waals surface area contributed by atoms with Crippen molar-refractivity contribution in [2.75, 3.05) is 7.05 Å². The Bertz CT molecular complexity index is 1000. The molecule has 0 saturated carbocycles. The van der Waals surface area contributed by atoms with Gasteiger partial charge in [-0.2, -0.15) is 0 Å². The molecule has 0 aliphatic carbocycles. The molecule has 132 valence electrons. The average molecular weight is 346 g/mol. The predicted octanol–water partition coefficient (Wildman–Crippen LogP) is 3.43. The maximum Gasteiger partial charge on any atom is 0.160 e. The van der Waals surface area contributed by atoms with Gasteiger partial charge in [0.15, 0.2) is 5.65 Å². The van der Waals surface area contributed by atoms with E-state index in [1.807, 2.05) is 61.5 Å². The van der Waals surface area contributed by atoms with Crippen molar-refractivity contribution in [3.63, 3.8) is 0 Å². The van der Waals surface area contributed by atoms with Crippen molar-refractivity contribution in [3.8, 4) is 0 Å². The third-order valence-corrected chi connectivity index (χ3v) is 4.97. The van der Waals surface area contributed by atoms with Crippen LogP contribution in [0.25, 0.3) is 11.2 Å². The maximum absolute atomic E-state index is 10.1. The molecule has 1 aliphatic rings. The third-order valence-electron chi connectivity index (χ3n) is 4.97. The molecule has 0 saturated heterocycles. The molecular weight excluding hydrogens is 324 g/mol. The van der Waals surface area contributed by atoms with Crippen LogP contribution < -0.4 is 0 Å². The Kier molecular flexibility index (Phi) is 4.09. The van der Waals surface area contributed by atoms with E-state index in [2.05, 4.69) is 39.9 Å². The lowest BCUT2D eigenvalue weighted by molar-refractivity contribution is 0.0868. The van der Waals surface area contributed by atoms with Gasteiger partial charge in [0.05, 0.1) is 0 Å². The van der Waals surface area contributed by atoms with Gasteiger partial charge >= 0.3 is 0 Å². The van der Waals surface area contributed by atoms with Crippen LogP contribution >= 0.6 is 0 Å². The van der Waals surface area contributed by atoms with Crippen molar-refractivity contribution in [1.82, 2.24) is 19.5 Å². The lowest BCUT2D eigenvalue weighted by Crippen LogP contribution is -2.30. The van der Waals surface area contributed by atoms with Gasteiger partial charge in [-0.05, 0) is 47.4 Å². The first kappa shape index (κ1) is 16.5. The zero-order valence-corrected chi connectivity index (χ0v) is 15.2. The number of aliphatic hydroxyl groups excluding tert-OH is 1. The van der Waals surface area contributed by atoms with E-state index in [0.29, 0.717) is 0 Å². The summed E-state index contributed by atoms with van der Waals surface area (Å²) in [7, 11) is 1.88. The lowest BCUT2D eigenvalue weighted by Gasteiger charge is -2.27. The van der Waals surface area contributed by atoms with Gasteiger partial charge in [0.25, 0.3) is 0 Å². The summed E-state index contributed by atoms with van der Waals surface area (Å²) in [6, 6.07) is 14.4. The number of likely N-dealkylation sites (N-methyl/N-ethyl adjacent to an activating group) is 1. The van der Waals surface area contributed by atoms with Gasteiger partial charge in [-0.1, -0.05) is 37.3 Å². The molecule has 26 heavy (non-hydrogen) atoms. The van der Waals surface area contributed by atoms with Gasteiger partial charge in [-0.25, -0.2) is 0 Å². The normalized spacial score (nSPS) is 18.6. The molecule has 3 heterocycles. The number of benzene rings is 1. The minimum absolute atomic E-state index is 0.142. The Morgan fingerprint density at radius 1 is 1.08 bits per heavy atom. The van der Waals surface area contributed by atoms with Crippen LogP contribution in [-0.2, 0) is 0 Å². The molecular formula is C21H22N4O. The van der Waals surface area contributed by atoms with Gasteiger partial charge in [-0.3, -0.25) is 4.40 Å². The first-order valence-electron chi connectivity index (χ1n) is 8.74. The van der Waals surface area contributed by atoms with E-state index >= 15 is 0 Å². The molecule has 0 amide bonds. The predicted molar refractivity (Wildman–Crippen MR) is 102 cm³/mol. The minimum Gasteiger partial charge on any atom is -0.370 e. The molecule has 4 rings (SSSR count). The Balaban J connectivity index is 1.77. The van der Waals surface area contributed by atoms with Gasteiger partial charge < -0.3 is 10.0 Å². The molecule has 5 nitrogen and oxygen atoms in total. The summed E-state index contributed by atoms with van der Waals surface area (Å²) in [5.41, 5.74) is 5.09. The molecule has 1 N–H and O–H groups in total. The zero-order chi connectivity index (χ0) is 18.3. The first-order chi connectivity index (χ1) is 12.5. The summed E-state index contributed by atoms with van der Waals surface area (Å²) >= 11 is 0. The monoisotopic (exact) mass is 346 g/mol. The summed E-state index contributed by atoms with van der Waals surface area (Å²) in [5.74, 6) is 1.06. The number of hydrogen-bond donors (Lipinski definition) is 1. The van der Waals surface area contributed by atoms with Crippen molar-refractivity contribution >= 4 is 11.2 Å². The summed E-state index contributed by atoms with van der Waals surface area (Å²) in [6.45, 7) is 4.08. The molecule has 2 aromatic heterocycles. The second kappa shape index (κ2) is 6.42. The standard InChI is InChI=1S/C21H22N4O/c1-14-11-18(12-24(3)21(14)26)17-9-10-19-22-23-20(25(19)13-17)15(2)16-7-5-4-6-8-16/h4-13,15,21,26H,1-3H3/t15-,21?/m1/s1. The highest BCUT2D eigenvalue weighted by molar-refractivity contribution is 5.76. The van der Waals surface area contributed by atoms with Crippen molar-refractivity contribution in [1.29, 1.82) is 0 Å². The van der Waals surface area contributed by atoms with Crippen LogP contribution in [-0.4, -0.2) is 37.9 Å².